The number of carbonyl (C=O) groups excluding carboxylic acids is 1. The molecule has 0 spiro atoms. The molecule has 23 heavy (non-hydrogen) atoms. The summed E-state index contributed by atoms with van der Waals surface area (Å²) in [5, 5.41) is 6.71. The van der Waals surface area contributed by atoms with Crippen molar-refractivity contribution in [2.75, 3.05) is 0 Å². The zero-order valence-corrected chi connectivity index (χ0v) is 13.7. The summed E-state index contributed by atoms with van der Waals surface area (Å²) in [5.41, 5.74) is 2.03. The van der Waals surface area contributed by atoms with E-state index in [0.29, 0.717) is 16.6 Å². The summed E-state index contributed by atoms with van der Waals surface area (Å²) in [5.74, 6) is 0.729. The van der Waals surface area contributed by atoms with Gasteiger partial charge in [0.1, 0.15) is 0 Å². The lowest BCUT2D eigenvalue weighted by molar-refractivity contribution is 0.0950. The van der Waals surface area contributed by atoms with Crippen LogP contribution in [0.25, 0.3) is 11.4 Å². The Bertz CT molecular complexity index is 811. The molecule has 0 aliphatic carbocycles. The van der Waals surface area contributed by atoms with Crippen molar-refractivity contribution in [3.63, 3.8) is 0 Å². The van der Waals surface area contributed by atoms with Crippen molar-refractivity contribution in [1.82, 2.24) is 20.4 Å². The molecule has 0 aliphatic rings. The fraction of sp³-hybridized carbons (Fsp3) is 0.250. The molecule has 0 aromatic carbocycles. The van der Waals surface area contributed by atoms with Gasteiger partial charge in [0, 0.05) is 22.8 Å². The molecule has 0 fully saturated rings. The number of aromatic nitrogens is 3. The molecular weight excluding hydrogens is 312 g/mol. The minimum atomic E-state index is -0.124. The Morgan fingerprint density at radius 1 is 1.35 bits per heavy atom. The molecule has 0 bridgehead atoms. The second-order valence-electron chi connectivity index (χ2n) is 4.98. The van der Waals surface area contributed by atoms with E-state index >= 15 is 0 Å². The van der Waals surface area contributed by atoms with Gasteiger partial charge >= 0.3 is 0 Å². The van der Waals surface area contributed by atoms with Crippen molar-refractivity contribution in [3.05, 3.63) is 51.8 Å². The second kappa shape index (κ2) is 6.70. The molecule has 3 aromatic heterocycles. The third kappa shape index (κ3) is 3.45. The maximum absolute atomic E-state index is 12.2. The lowest BCUT2D eigenvalue weighted by Crippen LogP contribution is -2.21. The topological polar surface area (TPSA) is 80.9 Å². The molecule has 118 valence electrons. The normalized spacial score (nSPS) is 10.7. The quantitative estimate of drug-likeness (QED) is 0.778. The summed E-state index contributed by atoms with van der Waals surface area (Å²) in [7, 11) is 0. The third-order valence-corrected chi connectivity index (χ3v) is 4.52. The molecule has 7 heteroatoms. The van der Waals surface area contributed by atoms with Gasteiger partial charge in [0.15, 0.2) is 0 Å². The van der Waals surface area contributed by atoms with E-state index in [9.17, 15) is 4.79 Å². The number of thiophene rings is 1. The molecule has 1 amide bonds. The lowest BCUT2D eigenvalue weighted by atomic mass is 10.2. The summed E-state index contributed by atoms with van der Waals surface area (Å²) in [6, 6.07) is 5.54. The van der Waals surface area contributed by atoms with Gasteiger partial charge < -0.3 is 9.84 Å². The Labute approximate surface area is 137 Å². The van der Waals surface area contributed by atoms with Crippen LogP contribution in [-0.2, 0) is 13.0 Å². The van der Waals surface area contributed by atoms with Gasteiger partial charge in [0.05, 0.1) is 11.4 Å². The van der Waals surface area contributed by atoms with Crippen LogP contribution in [0.2, 0.25) is 0 Å². The van der Waals surface area contributed by atoms with E-state index in [2.05, 4.69) is 27.4 Å². The van der Waals surface area contributed by atoms with E-state index < -0.39 is 0 Å². The molecule has 0 aliphatic heterocycles. The van der Waals surface area contributed by atoms with Gasteiger partial charge in [-0.25, -0.2) is 0 Å². The standard InChI is InChI=1S/C16H16N4O2S/c1-3-11-8-13(23-10(11)2)16(21)18-9-14-19-15(20-22-14)12-4-6-17-7-5-12/h4-8H,3,9H2,1-2H3,(H,18,21). The number of hydrogen-bond acceptors (Lipinski definition) is 6. The first kappa shape index (κ1) is 15.4. The van der Waals surface area contributed by atoms with E-state index in [1.165, 1.54) is 21.8 Å². The molecule has 3 rings (SSSR count). The minimum absolute atomic E-state index is 0.124. The molecule has 0 saturated carbocycles. The fourth-order valence-corrected chi connectivity index (χ4v) is 3.20. The number of carbonyl (C=O) groups is 1. The minimum Gasteiger partial charge on any atom is -0.342 e. The molecule has 0 radical (unpaired) electrons. The summed E-state index contributed by atoms with van der Waals surface area (Å²) in [4.78, 5) is 22.3. The van der Waals surface area contributed by atoms with Crippen LogP contribution in [0.15, 0.2) is 35.1 Å². The van der Waals surface area contributed by atoms with Gasteiger partial charge in [-0.05, 0) is 37.1 Å². The van der Waals surface area contributed by atoms with Crippen LogP contribution in [0.5, 0.6) is 0 Å². The predicted molar refractivity (Wildman–Crippen MR) is 87.1 cm³/mol. The SMILES string of the molecule is CCc1cc(C(=O)NCc2nc(-c3ccncc3)no2)sc1C. The van der Waals surface area contributed by atoms with E-state index in [1.54, 1.807) is 24.5 Å². The van der Waals surface area contributed by atoms with Gasteiger partial charge in [-0.2, -0.15) is 4.98 Å². The van der Waals surface area contributed by atoms with Crippen molar-refractivity contribution < 1.29 is 9.32 Å². The summed E-state index contributed by atoms with van der Waals surface area (Å²) in [6.45, 7) is 4.31. The maximum atomic E-state index is 12.2. The Morgan fingerprint density at radius 2 is 2.13 bits per heavy atom. The van der Waals surface area contributed by atoms with Crippen molar-refractivity contribution in [1.29, 1.82) is 0 Å². The molecule has 6 nitrogen and oxygen atoms in total. The summed E-state index contributed by atoms with van der Waals surface area (Å²) in [6.07, 6.45) is 4.25. The molecular formula is C16H16N4O2S. The Kier molecular flexibility index (Phi) is 4.47. The van der Waals surface area contributed by atoms with E-state index in [-0.39, 0.29) is 12.5 Å². The highest BCUT2D eigenvalue weighted by molar-refractivity contribution is 7.14. The van der Waals surface area contributed by atoms with Crippen molar-refractivity contribution in [2.45, 2.75) is 26.8 Å². The average molecular weight is 328 g/mol. The summed E-state index contributed by atoms with van der Waals surface area (Å²) < 4.78 is 5.16. The van der Waals surface area contributed by atoms with E-state index in [4.69, 9.17) is 4.52 Å². The van der Waals surface area contributed by atoms with Gasteiger partial charge in [0.2, 0.25) is 11.7 Å². The van der Waals surface area contributed by atoms with Crippen LogP contribution in [0.4, 0.5) is 0 Å². The van der Waals surface area contributed by atoms with Gasteiger partial charge in [-0.1, -0.05) is 12.1 Å². The number of nitrogens with one attached hydrogen (secondary N) is 1. The second-order valence-corrected chi connectivity index (χ2v) is 6.23. The number of hydrogen-bond donors (Lipinski definition) is 1. The van der Waals surface area contributed by atoms with Crippen molar-refractivity contribution in [2.24, 2.45) is 0 Å². The molecule has 0 atom stereocenters. The highest BCUT2D eigenvalue weighted by Gasteiger charge is 2.13. The molecule has 0 saturated heterocycles. The van der Waals surface area contributed by atoms with Gasteiger partial charge in [-0.3, -0.25) is 9.78 Å². The van der Waals surface area contributed by atoms with Crippen LogP contribution in [-0.4, -0.2) is 21.0 Å². The van der Waals surface area contributed by atoms with Crippen molar-refractivity contribution >= 4 is 17.2 Å². The largest absolute Gasteiger partial charge is 0.342 e. The lowest BCUT2D eigenvalue weighted by Gasteiger charge is -1.98. The number of pyridine rings is 1. The predicted octanol–water partition coefficient (Wildman–Crippen LogP) is 2.99. The maximum Gasteiger partial charge on any atom is 0.261 e. The third-order valence-electron chi connectivity index (χ3n) is 3.43. The number of rotatable bonds is 5. The van der Waals surface area contributed by atoms with Gasteiger partial charge in [-0.15, -0.1) is 11.3 Å². The fourth-order valence-electron chi connectivity index (χ4n) is 2.17. The molecule has 1 N–H and O–H groups in total. The zero-order valence-electron chi connectivity index (χ0n) is 12.9. The Morgan fingerprint density at radius 3 is 2.83 bits per heavy atom. The number of amides is 1. The van der Waals surface area contributed by atoms with Crippen LogP contribution in [0.1, 0.15) is 32.9 Å². The van der Waals surface area contributed by atoms with Crippen LogP contribution < -0.4 is 5.32 Å². The van der Waals surface area contributed by atoms with Gasteiger partial charge in [0.25, 0.3) is 5.91 Å². The molecule has 0 unspecified atom stereocenters. The van der Waals surface area contributed by atoms with E-state index in [1.807, 2.05) is 13.0 Å². The van der Waals surface area contributed by atoms with Crippen molar-refractivity contribution in [3.8, 4) is 11.4 Å². The van der Waals surface area contributed by atoms with Crippen LogP contribution in [0.3, 0.4) is 0 Å². The highest BCUT2D eigenvalue weighted by Crippen LogP contribution is 2.22. The van der Waals surface area contributed by atoms with E-state index in [0.717, 1.165) is 12.0 Å². The average Bonchev–Trinajstić information content (AvgIpc) is 3.20. The first-order valence-electron chi connectivity index (χ1n) is 7.28. The number of nitrogens with zero attached hydrogens (tertiary/aromatic N) is 3. The summed E-state index contributed by atoms with van der Waals surface area (Å²) >= 11 is 1.50. The Balaban J connectivity index is 1.64. The molecule has 3 heterocycles. The van der Waals surface area contributed by atoms with Crippen LogP contribution >= 0.6 is 11.3 Å². The highest BCUT2D eigenvalue weighted by atomic mass is 32.1. The Hall–Kier alpha value is -2.54. The smallest absolute Gasteiger partial charge is 0.261 e. The zero-order chi connectivity index (χ0) is 16.2. The molecule has 3 aromatic rings. The first-order chi connectivity index (χ1) is 11.2. The monoisotopic (exact) mass is 328 g/mol. The number of aryl methyl sites for hydroxylation is 2. The van der Waals surface area contributed by atoms with Crippen LogP contribution in [0, 0.1) is 6.92 Å². The first-order valence-corrected chi connectivity index (χ1v) is 8.09.